The highest BCUT2D eigenvalue weighted by Gasteiger charge is 2.11. The number of hydrogen-bond acceptors (Lipinski definition) is 3. The minimum atomic E-state index is -0.00376. The molecule has 0 amide bonds. The molecule has 1 N–H and O–H groups in total. The van der Waals surface area contributed by atoms with Crippen molar-refractivity contribution in [1.29, 1.82) is 0 Å². The van der Waals surface area contributed by atoms with Crippen molar-refractivity contribution in [3.05, 3.63) is 50.7 Å². The van der Waals surface area contributed by atoms with E-state index in [1.54, 1.807) is 18.5 Å². The number of rotatable bonds is 3. The Morgan fingerprint density at radius 3 is 2.50 bits per heavy atom. The summed E-state index contributed by atoms with van der Waals surface area (Å²) in [6.07, 6.45) is 3.37. The van der Waals surface area contributed by atoms with Gasteiger partial charge in [-0.3, -0.25) is 0 Å². The van der Waals surface area contributed by atoms with Gasteiger partial charge in [-0.2, -0.15) is 0 Å². The van der Waals surface area contributed by atoms with Gasteiger partial charge in [-0.05, 0) is 40.5 Å². The van der Waals surface area contributed by atoms with Gasteiger partial charge >= 0.3 is 0 Å². The minimum Gasteiger partial charge on any atom is -0.348 e. The highest BCUT2D eigenvalue weighted by Crippen LogP contribution is 2.27. The monoisotopic (exact) mass is 345 g/mol. The molecule has 1 unspecified atom stereocenters. The molecule has 18 heavy (non-hydrogen) atoms. The van der Waals surface area contributed by atoms with Crippen LogP contribution in [-0.2, 0) is 0 Å². The third-order valence-electron chi connectivity index (χ3n) is 2.39. The van der Waals surface area contributed by atoms with Gasteiger partial charge in [0.1, 0.15) is 0 Å². The second kappa shape index (κ2) is 5.87. The topological polar surface area (TPSA) is 37.8 Å². The molecule has 0 radical (unpaired) electrons. The number of hydrogen-bond donors (Lipinski definition) is 1. The van der Waals surface area contributed by atoms with Gasteiger partial charge in [0.15, 0.2) is 0 Å². The van der Waals surface area contributed by atoms with Gasteiger partial charge < -0.3 is 5.32 Å². The highest BCUT2D eigenvalue weighted by molar-refractivity contribution is 9.10. The van der Waals surface area contributed by atoms with E-state index in [2.05, 4.69) is 31.2 Å². The van der Waals surface area contributed by atoms with Crippen molar-refractivity contribution in [2.24, 2.45) is 0 Å². The average Bonchev–Trinajstić information content (AvgIpc) is 2.32. The molecular formula is C12H10BrCl2N3. The zero-order chi connectivity index (χ0) is 13.1. The van der Waals surface area contributed by atoms with E-state index >= 15 is 0 Å². The van der Waals surface area contributed by atoms with Gasteiger partial charge in [-0.15, -0.1) is 0 Å². The molecule has 0 aliphatic heterocycles. The number of nitrogens with one attached hydrogen (secondary N) is 1. The molecule has 1 aromatic heterocycles. The molecule has 2 aromatic rings. The molecular weight excluding hydrogens is 337 g/mol. The first kappa shape index (κ1) is 13.6. The summed E-state index contributed by atoms with van der Waals surface area (Å²) in [6.45, 7) is 1.99. The van der Waals surface area contributed by atoms with Gasteiger partial charge in [0, 0.05) is 22.4 Å². The fourth-order valence-corrected chi connectivity index (χ4v) is 2.29. The van der Waals surface area contributed by atoms with Crippen molar-refractivity contribution in [1.82, 2.24) is 9.97 Å². The van der Waals surface area contributed by atoms with Crippen LogP contribution in [0.5, 0.6) is 0 Å². The largest absolute Gasteiger partial charge is 0.348 e. The second-order valence-electron chi connectivity index (χ2n) is 3.76. The van der Waals surface area contributed by atoms with E-state index in [1.165, 1.54) is 0 Å². The first-order chi connectivity index (χ1) is 8.56. The van der Waals surface area contributed by atoms with Crippen molar-refractivity contribution in [3.63, 3.8) is 0 Å². The fraction of sp³-hybridized carbons (Fsp3) is 0.167. The van der Waals surface area contributed by atoms with E-state index in [-0.39, 0.29) is 6.04 Å². The van der Waals surface area contributed by atoms with Crippen LogP contribution in [0.3, 0.4) is 0 Å². The summed E-state index contributed by atoms with van der Waals surface area (Å²) in [6, 6.07) is 5.42. The van der Waals surface area contributed by atoms with Crippen LogP contribution < -0.4 is 5.32 Å². The molecule has 0 saturated heterocycles. The molecule has 2 rings (SSSR count). The van der Waals surface area contributed by atoms with Crippen LogP contribution in [0.25, 0.3) is 0 Å². The standard InChI is InChI=1S/C12H10BrCl2N3/c1-7(10-3-2-9(14)4-11(10)15)18-12-16-5-8(13)6-17-12/h2-7H,1H3,(H,16,17,18). The molecule has 6 heteroatoms. The predicted octanol–water partition coefficient (Wildman–Crippen LogP) is 4.72. The summed E-state index contributed by atoms with van der Waals surface area (Å²) in [5.74, 6) is 0.553. The lowest BCUT2D eigenvalue weighted by molar-refractivity contribution is 0.860. The Morgan fingerprint density at radius 2 is 1.89 bits per heavy atom. The van der Waals surface area contributed by atoms with Crippen LogP contribution >= 0.6 is 39.1 Å². The molecule has 0 fully saturated rings. The van der Waals surface area contributed by atoms with Gasteiger partial charge in [0.05, 0.1) is 10.5 Å². The van der Waals surface area contributed by atoms with Crippen molar-refractivity contribution >= 4 is 45.1 Å². The van der Waals surface area contributed by atoms with Crippen LogP contribution in [0, 0.1) is 0 Å². The molecule has 0 aliphatic carbocycles. The molecule has 0 aliphatic rings. The quantitative estimate of drug-likeness (QED) is 0.873. The Morgan fingerprint density at radius 1 is 1.22 bits per heavy atom. The Hall–Kier alpha value is -0.840. The molecule has 94 valence electrons. The summed E-state index contributed by atoms with van der Waals surface area (Å²) in [7, 11) is 0. The zero-order valence-electron chi connectivity index (χ0n) is 9.49. The summed E-state index contributed by atoms with van der Waals surface area (Å²) in [5, 5.41) is 4.42. The summed E-state index contributed by atoms with van der Waals surface area (Å²) in [5.41, 5.74) is 0.951. The molecule has 0 saturated carbocycles. The third-order valence-corrected chi connectivity index (χ3v) is 3.37. The summed E-state index contributed by atoms with van der Waals surface area (Å²) in [4.78, 5) is 8.31. The maximum absolute atomic E-state index is 6.14. The Labute approximate surface area is 124 Å². The van der Waals surface area contributed by atoms with Gasteiger partial charge in [-0.25, -0.2) is 9.97 Å². The Balaban J connectivity index is 2.16. The lowest BCUT2D eigenvalue weighted by Crippen LogP contribution is -2.09. The molecule has 1 atom stereocenters. The number of nitrogens with zero attached hydrogens (tertiary/aromatic N) is 2. The van der Waals surface area contributed by atoms with Gasteiger partial charge in [0.25, 0.3) is 0 Å². The van der Waals surface area contributed by atoms with Crippen molar-refractivity contribution < 1.29 is 0 Å². The van der Waals surface area contributed by atoms with E-state index in [4.69, 9.17) is 23.2 Å². The number of benzene rings is 1. The molecule has 1 heterocycles. The average molecular weight is 347 g/mol. The number of halogens is 3. The van der Waals surface area contributed by atoms with Gasteiger partial charge in [0.2, 0.25) is 5.95 Å². The maximum atomic E-state index is 6.14. The second-order valence-corrected chi connectivity index (χ2v) is 5.52. The molecule has 3 nitrogen and oxygen atoms in total. The Kier molecular flexibility index (Phi) is 4.43. The van der Waals surface area contributed by atoms with Crippen molar-refractivity contribution in [2.45, 2.75) is 13.0 Å². The van der Waals surface area contributed by atoms with Crippen LogP contribution in [0.2, 0.25) is 10.0 Å². The smallest absolute Gasteiger partial charge is 0.223 e. The van der Waals surface area contributed by atoms with Crippen LogP contribution in [0.4, 0.5) is 5.95 Å². The van der Waals surface area contributed by atoms with E-state index in [0.29, 0.717) is 16.0 Å². The van der Waals surface area contributed by atoms with Gasteiger partial charge in [-0.1, -0.05) is 29.3 Å². The SMILES string of the molecule is CC(Nc1ncc(Br)cn1)c1ccc(Cl)cc1Cl. The molecule has 0 bridgehead atoms. The third kappa shape index (κ3) is 3.34. The van der Waals surface area contributed by atoms with Crippen LogP contribution in [0.1, 0.15) is 18.5 Å². The summed E-state index contributed by atoms with van der Waals surface area (Å²) >= 11 is 15.3. The maximum Gasteiger partial charge on any atom is 0.223 e. The normalized spacial score (nSPS) is 12.2. The van der Waals surface area contributed by atoms with E-state index < -0.39 is 0 Å². The number of aromatic nitrogens is 2. The highest BCUT2D eigenvalue weighted by atomic mass is 79.9. The van der Waals surface area contributed by atoms with E-state index in [9.17, 15) is 0 Å². The van der Waals surface area contributed by atoms with Crippen molar-refractivity contribution in [3.8, 4) is 0 Å². The van der Waals surface area contributed by atoms with E-state index in [0.717, 1.165) is 10.0 Å². The van der Waals surface area contributed by atoms with Crippen molar-refractivity contribution in [2.75, 3.05) is 5.32 Å². The molecule has 1 aromatic carbocycles. The van der Waals surface area contributed by atoms with E-state index in [1.807, 2.05) is 19.1 Å². The first-order valence-corrected chi connectivity index (χ1v) is 6.80. The lowest BCUT2D eigenvalue weighted by Gasteiger charge is -2.15. The van der Waals surface area contributed by atoms with Crippen LogP contribution in [-0.4, -0.2) is 9.97 Å². The number of anilines is 1. The van der Waals surface area contributed by atoms with Crippen LogP contribution in [0.15, 0.2) is 35.1 Å². The Bertz CT molecular complexity index is 546. The lowest BCUT2D eigenvalue weighted by atomic mass is 10.1. The first-order valence-electron chi connectivity index (χ1n) is 5.25. The predicted molar refractivity (Wildman–Crippen MR) is 78.2 cm³/mol. The minimum absolute atomic E-state index is 0.00376. The summed E-state index contributed by atoms with van der Waals surface area (Å²) < 4.78 is 0.838. The molecule has 0 spiro atoms. The zero-order valence-corrected chi connectivity index (χ0v) is 12.6. The fourth-order valence-electron chi connectivity index (χ4n) is 1.51.